The van der Waals surface area contributed by atoms with Gasteiger partial charge in [-0.3, -0.25) is 19.2 Å². The predicted octanol–water partition coefficient (Wildman–Crippen LogP) is 2.81. The smallest absolute Gasteiger partial charge is 0.271 e. The van der Waals surface area contributed by atoms with Crippen LogP contribution in [-0.4, -0.2) is 38.1 Å². The minimum atomic E-state index is -3.82. The average molecular weight is 420 g/mol. The van der Waals surface area contributed by atoms with Gasteiger partial charge >= 0.3 is 0 Å². The first-order valence-corrected chi connectivity index (χ1v) is 11.0. The average Bonchev–Trinajstić information content (AvgIpc) is 2.65. The number of nitro benzene ring substituents is 1. The van der Waals surface area contributed by atoms with Crippen LogP contribution in [0.15, 0.2) is 48.5 Å². The number of aryl methyl sites for hydroxylation is 2. The van der Waals surface area contributed by atoms with E-state index in [1.807, 2.05) is 37.3 Å². The summed E-state index contributed by atoms with van der Waals surface area (Å²) in [5.74, 6) is -0.470. The predicted molar refractivity (Wildman–Crippen MR) is 112 cm³/mol. The van der Waals surface area contributed by atoms with Crippen LogP contribution in [-0.2, 0) is 21.2 Å². The molecule has 2 aromatic rings. The highest BCUT2D eigenvalue weighted by molar-refractivity contribution is 7.92. The van der Waals surface area contributed by atoms with Crippen LogP contribution >= 0.6 is 0 Å². The summed E-state index contributed by atoms with van der Waals surface area (Å²) in [7, 11) is -3.82. The standard InChI is InChI=1S/C20H25N3O5S/c1-15-9-12-18(23(25)26)13-19(15)22(29(3,27)28)14-20(24)21-16(2)10-11-17-7-5-4-6-8-17/h4-9,12-13,16H,10-11,14H2,1-3H3,(H,21,24)/t16-/m0/s1. The van der Waals surface area contributed by atoms with E-state index in [2.05, 4.69) is 5.32 Å². The number of benzene rings is 2. The maximum Gasteiger partial charge on any atom is 0.271 e. The van der Waals surface area contributed by atoms with Crippen molar-refractivity contribution in [1.82, 2.24) is 5.32 Å². The van der Waals surface area contributed by atoms with Crippen LogP contribution in [0.3, 0.4) is 0 Å². The van der Waals surface area contributed by atoms with Gasteiger partial charge in [0.1, 0.15) is 6.54 Å². The Labute approximate surface area is 170 Å². The number of anilines is 1. The number of nitro groups is 1. The second-order valence-corrected chi connectivity index (χ2v) is 8.90. The number of carbonyl (C=O) groups is 1. The summed E-state index contributed by atoms with van der Waals surface area (Å²) in [6, 6.07) is 13.6. The fraction of sp³-hybridized carbons (Fsp3) is 0.350. The number of amides is 1. The van der Waals surface area contributed by atoms with E-state index in [0.717, 1.165) is 22.5 Å². The molecular formula is C20H25N3O5S. The summed E-state index contributed by atoms with van der Waals surface area (Å²) >= 11 is 0. The van der Waals surface area contributed by atoms with Crippen molar-refractivity contribution < 1.29 is 18.1 Å². The van der Waals surface area contributed by atoms with Gasteiger partial charge in [-0.05, 0) is 37.8 Å². The molecule has 2 aromatic carbocycles. The highest BCUT2D eigenvalue weighted by Gasteiger charge is 2.24. The van der Waals surface area contributed by atoms with Gasteiger partial charge in [-0.2, -0.15) is 0 Å². The normalized spacial score (nSPS) is 12.2. The Bertz CT molecular complexity index is 977. The molecule has 0 aliphatic carbocycles. The summed E-state index contributed by atoms with van der Waals surface area (Å²) in [6.07, 6.45) is 2.45. The summed E-state index contributed by atoms with van der Waals surface area (Å²) in [6.45, 7) is 3.04. The molecule has 0 saturated heterocycles. The molecule has 9 heteroatoms. The van der Waals surface area contributed by atoms with Crippen molar-refractivity contribution in [3.8, 4) is 0 Å². The van der Waals surface area contributed by atoms with Crippen molar-refractivity contribution in [3.63, 3.8) is 0 Å². The molecule has 29 heavy (non-hydrogen) atoms. The number of hydrogen-bond donors (Lipinski definition) is 1. The lowest BCUT2D eigenvalue weighted by Gasteiger charge is -2.24. The summed E-state index contributed by atoms with van der Waals surface area (Å²) < 4.78 is 25.4. The van der Waals surface area contributed by atoms with Gasteiger partial charge < -0.3 is 5.32 Å². The monoisotopic (exact) mass is 419 g/mol. The number of nitrogens with zero attached hydrogens (tertiary/aromatic N) is 2. The van der Waals surface area contributed by atoms with Crippen LogP contribution in [0.2, 0.25) is 0 Å². The number of carbonyl (C=O) groups excluding carboxylic acids is 1. The highest BCUT2D eigenvalue weighted by Crippen LogP contribution is 2.27. The molecule has 0 aliphatic heterocycles. The van der Waals surface area contributed by atoms with Crippen molar-refractivity contribution in [3.05, 3.63) is 69.8 Å². The molecule has 1 amide bonds. The topological polar surface area (TPSA) is 110 Å². The molecule has 0 fully saturated rings. The van der Waals surface area contributed by atoms with Gasteiger partial charge in [-0.15, -0.1) is 0 Å². The van der Waals surface area contributed by atoms with Crippen molar-refractivity contribution in [2.24, 2.45) is 0 Å². The Hall–Kier alpha value is -2.94. The zero-order valence-corrected chi connectivity index (χ0v) is 17.5. The molecule has 0 spiro atoms. The molecular weight excluding hydrogens is 394 g/mol. The van der Waals surface area contributed by atoms with E-state index >= 15 is 0 Å². The second-order valence-electron chi connectivity index (χ2n) is 6.99. The fourth-order valence-corrected chi connectivity index (χ4v) is 3.82. The highest BCUT2D eigenvalue weighted by atomic mass is 32.2. The molecule has 0 aromatic heterocycles. The third-order valence-electron chi connectivity index (χ3n) is 4.48. The minimum Gasteiger partial charge on any atom is -0.352 e. The Balaban J connectivity index is 2.10. The number of hydrogen-bond acceptors (Lipinski definition) is 5. The third-order valence-corrected chi connectivity index (χ3v) is 5.60. The molecule has 0 bridgehead atoms. The molecule has 0 radical (unpaired) electrons. The fourth-order valence-electron chi connectivity index (χ4n) is 2.91. The van der Waals surface area contributed by atoms with Gasteiger partial charge in [-0.1, -0.05) is 36.4 Å². The van der Waals surface area contributed by atoms with Crippen molar-refractivity contribution in [2.45, 2.75) is 32.7 Å². The van der Waals surface area contributed by atoms with E-state index in [-0.39, 0.29) is 17.4 Å². The van der Waals surface area contributed by atoms with Crippen LogP contribution < -0.4 is 9.62 Å². The van der Waals surface area contributed by atoms with Gasteiger partial charge in [0.25, 0.3) is 5.69 Å². The lowest BCUT2D eigenvalue weighted by Crippen LogP contribution is -2.43. The molecule has 0 aliphatic rings. The van der Waals surface area contributed by atoms with E-state index in [1.165, 1.54) is 18.2 Å². The van der Waals surface area contributed by atoms with Crippen LogP contribution in [0.25, 0.3) is 0 Å². The molecule has 0 heterocycles. The molecule has 2 rings (SSSR count). The zero-order valence-electron chi connectivity index (χ0n) is 16.7. The number of non-ortho nitro benzene ring substituents is 1. The van der Waals surface area contributed by atoms with Gasteiger partial charge in [0, 0.05) is 18.2 Å². The Morgan fingerprint density at radius 2 is 1.86 bits per heavy atom. The van der Waals surface area contributed by atoms with E-state index in [4.69, 9.17) is 0 Å². The molecule has 156 valence electrons. The Morgan fingerprint density at radius 3 is 2.45 bits per heavy atom. The van der Waals surface area contributed by atoms with Crippen LogP contribution in [0.4, 0.5) is 11.4 Å². The number of sulfonamides is 1. The van der Waals surface area contributed by atoms with Gasteiger partial charge in [0.2, 0.25) is 15.9 Å². The zero-order chi connectivity index (χ0) is 21.6. The molecule has 1 atom stereocenters. The van der Waals surface area contributed by atoms with E-state index in [0.29, 0.717) is 12.0 Å². The maximum atomic E-state index is 12.5. The van der Waals surface area contributed by atoms with Crippen LogP contribution in [0.5, 0.6) is 0 Å². The largest absolute Gasteiger partial charge is 0.352 e. The molecule has 0 saturated carbocycles. The lowest BCUT2D eigenvalue weighted by atomic mass is 10.1. The minimum absolute atomic E-state index is 0.119. The summed E-state index contributed by atoms with van der Waals surface area (Å²) in [5, 5.41) is 13.9. The number of nitrogens with one attached hydrogen (secondary N) is 1. The van der Waals surface area contributed by atoms with Crippen LogP contribution in [0, 0.1) is 17.0 Å². The second kappa shape index (κ2) is 9.51. The lowest BCUT2D eigenvalue weighted by molar-refractivity contribution is -0.384. The third kappa shape index (κ3) is 6.56. The first-order valence-electron chi connectivity index (χ1n) is 9.14. The van der Waals surface area contributed by atoms with Crippen molar-refractivity contribution in [2.75, 3.05) is 17.1 Å². The first kappa shape index (κ1) is 22.4. The van der Waals surface area contributed by atoms with Gasteiger partial charge in [0.15, 0.2) is 0 Å². The molecule has 0 unspecified atom stereocenters. The molecule has 1 N–H and O–H groups in total. The quantitative estimate of drug-likeness (QED) is 0.496. The van der Waals surface area contributed by atoms with Crippen molar-refractivity contribution in [1.29, 1.82) is 0 Å². The van der Waals surface area contributed by atoms with E-state index in [9.17, 15) is 23.3 Å². The first-order chi connectivity index (χ1) is 13.6. The van der Waals surface area contributed by atoms with Gasteiger partial charge in [-0.25, -0.2) is 8.42 Å². The SMILES string of the molecule is Cc1ccc([N+](=O)[O-])cc1N(CC(=O)N[C@@H](C)CCc1ccccc1)S(C)(=O)=O. The maximum absolute atomic E-state index is 12.5. The molecule has 8 nitrogen and oxygen atoms in total. The van der Waals surface area contributed by atoms with Crippen molar-refractivity contribution >= 4 is 27.3 Å². The van der Waals surface area contributed by atoms with E-state index < -0.39 is 27.4 Å². The summed E-state index contributed by atoms with van der Waals surface area (Å²) in [5.41, 5.74) is 1.55. The van der Waals surface area contributed by atoms with E-state index in [1.54, 1.807) is 6.92 Å². The summed E-state index contributed by atoms with van der Waals surface area (Å²) in [4.78, 5) is 22.9. The number of rotatable bonds is 9. The van der Waals surface area contributed by atoms with Crippen LogP contribution in [0.1, 0.15) is 24.5 Å². The van der Waals surface area contributed by atoms with Gasteiger partial charge in [0.05, 0.1) is 16.9 Å². The Kier molecular flexibility index (Phi) is 7.33. The Morgan fingerprint density at radius 1 is 1.21 bits per heavy atom.